The molecule has 4 atom stereocenters. The summed E-state index contributed by atoms with van der Waals surface area (Å²) in [5, 5.41) is 9.65. The Labute approximate surface area is 121 Å². The van der Waals surface area contributed by atoms with Gasteiger partial charge < -0.3 is 14.6 Å². The highest BCUT2D eigenvalue weighted by atomic mass is 32.2. The highest BCUT2D eigenvalue weighted by Gasteiger charge is 2.48. The van der Waals surface area contributed by atoms with Crippen molar-refractivity contribution in [3.63, 3.8) is 0 Å². The van der Waals surface area contributed by atoms with E-state index in [9.17, 15) is 13.5 Å². The summed E-state index contributed by atoms with van der Waals surface area (Å²) in [6.07, 6.45) is -1.53. The van der Waals surface area contributed by atoms with Gasteiger partial charge in [0.1, 0.15) is 18.3 Å². The maximum atomic E-state index is 12.4. The van der Waals surface area contributed by atoms with Crippen molar-refractivity contribution in [2.24, 2.45) is 0 Å². The molecule has 6 nitrogen and oxygen atoms in total. The predicted octanol–water partition coefficient (Wildman–Crippen LogP) is 0.170. The summed E-state index contributed by atoms with van der Waals surface area (Å²) >= 11 is 1.45. The second-order valence-corrected chi connectivity index (χ2v) is 8.31. The van der Waals surface area contributed by atoms with Crippen LogP contribution in [0.4, 0.5) is 0 Å². The number of fused-ring (bicyclic) bond motifs is 1. The van der Waals surface area contributed by atoms with Crippen LogP contribution < -0.4 is 4.72 Å². The van der Waals surface area contributed by atoms with Crippen LogP contribution in [0.1, 0.15) is 9.75 Å². The van der Waals surface area contributed by atoms with Gasteiger partial charge >= 0.3 is 0 Å². The van der Waals surface area contributed by atoms with Crippen molar-refractivity contribution in [2.45, 2.75) is 43.1 Å². The summed E-state index contributed by atoms with van der Waals surface area (Å²) in [7, 11) is -3.59. The van der Waals surface area contributed by atoms with Crippen LogP contribution in [0.25, 0.3) is 0 Å². The van der Waals surface area contributed by atoms with Crippen LogP contribution in [0.5, 0.6) is 0 Å². The number of thiophene rings is 1. The molecule has 0 saturated carbocycles. The maximum Gasteiger partial charge on any atom is 0.242 e. The Morgan fingerprint density at radius 1 is 1.30 bits per heavy atom. The van der Waals surface area contributed by atoms with E-state index in [0.717, 1.165) is 9.75 Å². The quantitative estimate of drug-likeness (QED) is 0.830. The second kappa shape index (κ2) is 5.04. The molecule has 2 aliphatic rings. The topological polar surface area (TPSA) is 84.9 Å². The molecule has 2 saturated heterocycles. The van der Waals surface area contributed by atoms with E-state index in [4.69, 9.17) is 9.47 Å². The highest BCUT2D eigenvalue weighted by Crippen LogP contribution is 2.29. The number of hydrogen-bond donors (Lipinski definition) is 2. The third-order valence-electron chi connectivity index (χ3n) is 3.62. The number of hydrogen-bond acceptors (Lipinski definition) is 6. The van der Waals surface area contributed by atoms with Crippen molar-refractivity contribution >= 4 is 21.4 Å². The summed E-state index contributed by atoms with van der Waals surface area (Å²) in [6.45, 7) is 4.07. The molecule has 0 amide bonds. The van der Waals surface area contributed by atoms with E-state index in [0.29, 0.717) is 4.90 Å². The first kappa shape index (κ1) is 14.4. The number of aryl methyl sites for hydroxylation is 2. The zero-order chi connectivity index (χ0) is 14.5. The first-order valence-electron chi connectivity index (χ1n) is 6.39. The molecule has 2 N–H and O–H groups in total. The summed E-state index contributed by atoms with van der Waals surface area (Å²) in [5.41, 5.74) is 0. The normalized spacial score (nSPS) is 33.5. The van der Waals surface area contributed by atoms with E-state index >= 15 is 0 Å². The molecule has 112 valence electrons. The van der Waals surface area contributed by atoms with Gasteiger partial charge in [0, 0.05) is 9.75 Å². The van der Waals surface area contributed by atoms with Crippen molar-refractivity contribution < 1.29 is 23.0 Å². The van der Waals surface area contributed by atoms with Gasteiger partial charge in [-0.1, -0.05) is 0 Å². The van der Waals surface area contributed by atoms with E-state index in [1.54, 1.807) is 13.0 Å². The Morgan fingerprint density at radius 2 is 2.00 bits per heavy atom. The van der Waals surface area contributed by atoms with Crippen LogP contribution in [-0.2, 0) is 19.5 Å². The maximum absolute atomic E-state index is 12.4. The van der Waals surface area contributed by atoms with Crippen LogP contribution in [0, 0.1) is 13.8 Å². The second-order valence-electron chi connectivity index (χ2n) is 5.17. The van der Waals surface area contributed by atoms with E-state index in [-0.39, 0.29) is 13.2 Å². The molecule has 0 unspecified atom stereocenters. The number of aliphatic hydroxyl groups excluding tert-OH is 1. The Bertz CT molecular complexity index is 611. The van der Waals surface area contributed by atoms with Gasteiger partial charge in [-0.05, 0) is 19.9 Å². The van der Waals surface area contributed by atoms with Gasteiger partial charge in [0.15, 0.2) is 0 Å². The minimum absolute atomic E-state index is 0.185. The molecule has 20 heavy (non-hydrogen) atoms. The summed E-state index contributed by atoms with van der Waals surface area (Å²) < 4.78 is 38.3. The van der Waals surface area contributed by atoms with E-state index in [2.05, 4.69) is 4.72 Å². The fourth-order valence-corrected chi connectivity index (χ4v) is 5.50. The molecule has 1 aromatic rings. The number of sulfonamides is 1. The van der Waals surface area contributed by atoms with E-state index < -0.39 is 34.4 Å². The number of aliphatic hydroxyl groups is 1. The Morgan fingerprint density at radius 3 is 2.65 bits per heavy atom. The lowest BCUT2D eigenvalue weighted by Crippen LogP contribution is -2.44. The molecule has 8 heteroatoms. The minimum Gasteiger partial charge on any atom is -0.388 e. The lowest BCUT2D eigenvalue weighted by atomic mass is 10.1. The average molecular weight is 319 g/mol. The van der Waals surface area contributed by atoms with Crippen LogP contribution >= 0.6 is 11.3 Å². The van der Waals surface area contributed by atoms with Crippen molar-refractivity contribution in [1.82, 2.24) is 4.72 Å². The summed E-state index contributed by atoms with van der Waals surface area (Å²) in [6, 6.07) is 1.21. The SMILES string of the molecule is Cc1cc(S(=O)(=O)N[C@@H]2CO[C@H]3[C@@H]2OC[C@H]3O)c(C)s1. The average Bonchev–Trinajstić information content (AvgIpc) is 2.99. The molecular weight excluding hydrogens is 302 g/mol. The van der Waals surface area contributed by atoms with Gasteiger partial charge in [0.2, 0.25) is 10.0 Å². The van der Waals surface area contributed by atoms with Crippen LogP contribution in [0.15, 0.2) is 11.0 Å². The molecule has 2 aliphatic heterocycles. The van der Waals surface area contributed by atoms with Crippen LogP contribution in [-0.4, -0.2) is 51.1 Å². The van der Waals surface area contributed by atoms with Crippen LogP contribution in [0.2, 0.25) is 0 Å². The van der Waals surface area contributed by atoms with Crippen LogP contribution in [0.3, 0.4) is 0 Å². The van der Waals surface area contributed by atoms with Gasteiger partial charge in [-0.3, -0.25) is 0 Å². The third kappa shape index (κ3) is 2.40. The highest BCUT2D eigenvalue weighted by molar-refractivity contribution is 7.89. The monoisotopic (exact) mass is 319 g/mol. The Balaban J connectivity index is 1.79. The molecule has 0 bridgehead atoms. The predicted molar refractivity (Wildman–Crippen MR) is 73.4 cm³/mol. The van der Waals surface area contributed by atoms with Gasteiger partial charge in [-0.25, -0.2) is 13.1 Å². The number of nitrogens with one attached hydrogen (secondary N) is 1. The van der Waals surface area contributed by atoms with E-state index in [1.165, 1.54) is 11.3 Å². The molecule has 0 aromatic carbocycles. The number of ether oxygens (including phenoxy) is 2. The fraction of sp³-hybridized carbons (Fsp3) is 0.667. The van der Waals surface area contributed by atoms with Crippen molar-refractivity contribution in [3.8, 4) is 0 Å². The molecule has 2 fully saturated rings. The number of rotatable bonds is 3. The standard InChI is InChI=1S/C12H17NO5S2/c1-6-3-10(7(2)19-6)20(15,16)13-8-4-17-12-9(14)5-18-11(8)12/h3,8-9,11-14H,4-5H2,1-2H3/t8-,9-,11-,12-/m1/s1. The largest absolute Gasteiger partial charge is 0.388 e. The molecule has 3 rings (SSSR count). The lowest BCUT2D eigenvalue weighted by Gasteiger charge is -2.17. The molecule has 0 aliphatic carbocycles. The zero-order valence-electron chi connectivity index (χ0n) is 11.2. The van der Waals surface area contributed by atoms with Gasteiger partial charge in [-0.15, -0.1) is 11.3 Å². The Hall–Kier alpha value is -0.510. The molecule has 0 spiro atoms. The zero-order valence-corrected chi connectivity index (χ0v) is 12.8. The first-order valence-corrected chi connectivity index (χ1v) is 8.69. The van der Waals surface area contributed by atoms with Gasteiger partial charge in [-0.2, -0.15) is 0 Å². The molecule has 0 radical (unpaired) electrons. The van der Waals surface area contributed by atoms with Crippen molar-refractivity contribution in [3.05, 3.63) is 15.8 Å². The summed E-state index contributed by atoms with van der Waals surface area (Å²) in [5.74, 6) is 0. The summed E-state index contributed by atoms with van der Waals surface area (Å²) in [4.78, 5) is 2.02. The molecule has 1 aromatic heterocycles. The van der Waals surface area contributed by atoms with Crippen molar-refractivity contribution in [1.29, 1.82) is 0 Å². The minimum atomic E-state index is -3.59. The van der Waals surface area contributed by atoms with E-state index in [1.807, 2.05) is 6.92 Å². The first-order chi connectivity index (χ1) is 9.38. The fourth-order valence-electron chi connectivity index (χ4n) is 2.72. The van der Waals surface area contributed by atoms with Gasteiger partial charge in [0.25, 0.3) is 0 Å². The Kier molecular flexibility index (Phi) is 3.64. The van der Waals surface area contributed by atoms with Gasteiger partial charge in [0.05, 0.1) is 24.2 Å². The third-order valence-corrected chi connectivity index (χ3v) is 6.33. The molecule has 3 heterocycles. The molecular formula is C12H17NO5S2. The van der Waals surface area contributed by atoms with Crippen molar-refractivity contribution in [2.75, 3.05) is 13.2 Å². The lowest BCUT2D eigenvalue weighted by molar-refractivity contribution is 0.0181. The smallest absolute Gasteiger partial charge is 0.242 e.